The van der Waals surface area contributed by atoms with E-state index in [2.05, 4.69) is 5.16 Å². The van der Waals surface area contributed by atoms with Crippen molar-refractivity contribution in [3.05, 3.63) is 59.5 Å². The Kier molecular flexibility index (Phi) is 7.12. The maximum Gasteiger partial charge on any atom is 0.222 e. The van der Waals surface area contributed by atoms with E-state index in [1.165, 1.54) is 33.5 Å². The highest BCUT2D eigenvalue weighted by atomic mass is 19.1. The van der Waals surface area contributed by atoms with Crippen LogP contribution in [0.1, 0.15) is 24.6 Å². The molecular formula is C23H25FN2O5. The third kappa shape index (κ3) is 5.14. The first kappa shape index (κ1) is 22.1. The van der Waals surface area contributed by atoms with Crippen molar-refractivity contribution in [2.24, 2.45) is 0 Å². The molecule has 0 saturated heterocycles. The van der Waals surface area contributed by atoms with Crippen molar-refractivity contribution in [3.8, 4) is 28.6 Å². The maximum absolute atomic E-state index is 13.2. The van der Waals surface area contributed by atoms with Gasteiger partial charge in [0, 0.05) is 24.6 Å². The van der Waals surface area contributed by atoms with E-state index in [9.17, 15) is 9.18 Å². The number of methoxy groups -OCH3 is 3. The van der Waals surface area contributed by atoms with Crippen LogP contribution in [0.5, 0.6) is 17.2 Å². The molecule has 0 atom stereocenters. The molecule has 1 amide bonds. The van der Waals surface area contributed by atoms with Crippen LogP contribution in [-0.4, -0.2) is 37.3 Å². The molecule has 3 rings (SSSR count). The van der Waals surface area contributed by atoms with Gasteiger partial charge in [-0.3, -0.25) is 4.79 Å². The molecule has 0 spiro atoms. The summed E-state index contributed by atoms with van der Waals surface area (Å²) in [5, 5.41) is 4.12. The summed E-state index contributed by atoms with van der Waals surface area (Å²) in [4.78, 5) is 14.1. The van der Waals surface area contributed by atoms with Gasteiger partial charge in [-0.05, 0) is 29.8 Å². The number of aromatic nitrogens is 1. The van der Waals surface area contributed by atoms with Gasteiger partial charge in [-0.1, -0.05) is 24.2 Å². The van der Waals surface area contributed by atoms with E-state index in [1.54, 1.807) is 42.2 Å². The minimum absolute atomic E-state index is 0.0401. The quantitative estimate of drug-likeness (QED) is 0.502. The van der Waals surface area contributed by atoms with Crippen LogP contribution in [-0.2, 0) is 17.9 Å². The molecular weight excluding hydrogens is 403 g/mol. The van der Waals surface area contributed by atoms with E-state index in [-0.39, 0.29) is 18.3 Å². The number of halogens is 1. The Bertz CT molecular complexity index is 1010. The third-order valence-electron chi connectivity index (χ3n) is 4.80. The number of benzene rings is 2. The molecule has 164 valence electrons. The van der Waals surface area contributed by atoms with Gasteiger partial charge in [0.1, 0.15) is 11.5 Å². The Morgan fingerprint density at radius 2 is 1.65 bits per heavy atom. The molecule has 0 bridgehead atoms. The SMILES string of the molecule is CCC(=O)N(Cc1ccc(F)cc1)Cc1cc(-c2cc(OC)c(OC)c(OC)c2)on1. The van der Waals surface area contributed by atoms with Crippen LogP contribution >= 0.6 is 0 Å². The molecule has 3 aromatic rings. The average molecular weight is 428 g/mol. The Hall–Kier alpha value is -3.55. The third-order valence-corrected chi connectivity index (χ3v) is 4.80. The molecule has 1 heterocycles. The number of carbonyl (C=O) groups excluding carboxylic acids is 1. The van der Waals surface area contributed by atoms with Gasteiger partial charge in [-0.25, -0.2) is 4.39 Å². The van der Waals surface area contributed by atoms with Crippen LogP contribution in [0.15, 0.2) is 47.0 Å². The number of amides is 1. The van der Waals surface area contributed by atoms with Crippen LogP contribution in [0.4, 0.5) is 4.39 Å². The second kappa shape index (κ2) is 9.97. The predicted molar refractivity (Wildman–Crippen MR) is 113 cm³/mol. The largest absolute Gasteiger partial charge is 0.493 e. The normalized spacial score (nSPS) is 10.6. The number of rotatable bonds is 9. The fraction of sp³-hybridized carbons (Fsp3) is 0.304. The number of hydrogen-bond acceptors (Lipinski definition) is 6. The Morgan fingerprint density at radius 3 is 2.19 bits per heavy atom. The smallest absolute Gasteiger partial charge is 0.222 e. The van der Waals surface area contributed by atoms with E-state index in [0.29, 0.717) is 47.2 Å². The van der Waals surface area contributed by atoms with E-state index >= 15 is 0 Å². The molecule has 0 N–H and O–H groups in total. The van der Waals surface area contributed by atoms with Gasteiger partial charge in [-0.2, -0.15) is 0 Å². The molecule has 1 aromatic heterocycles. The Balaban J connectivity index is 1.84. The molecule has 0 aliphatic carbocycles. The monoisotopic (exact) mass is 428 g/mol. The molecule has 31 heavy (non-hydrogen) atoms. The van der Waals surface area contributed by atoms with Crippen molar-refractivity contribution in [1.29, 1.82) is 0 Å². The van der Waals surface area contributed by atoms with Crippen molar-refractivity contribution in [1.82, 2.24) is 10.1 Å². The fourth-order valence-corrected chi connectivity index (χ4v) is 3.21. The number of hydrogen-bond donors (Lipinski definition) is 0. The van der Waals surface area contributed by atoms with Crippen LogP contribution in [0.25, 0.3) is 11.3 Å². The predicted octanol–water partition coefficient (Wildman–Crippen LogP) is 4.45. The summed E-state index contributed by atoms with van der Waals surface area (Å²) in [5.74, 6) is 1.61. The summed E-state index contributed by atoms with van der Waals surface area (Å²) in [6.07, 6.45) is 0.346. The zero-order valence-electron chi connectivity index (χ0n) is 18.0. The summed E-state index contributed by atoms with van der Waals surface area (Å²) in [7, 11) is 4.61. The molecule has 0 aliphatic heterocycles. The van der Waals surface area contributed by atoms with E-state index in [4.69, 9.17) is 18.7 Å². The highest BCUT2D eigenvalue weighted by Gasteiger charge is 2.19. The lowest BCUT2D eigenvalue weighted by molar-refractivity contribution is -0.132. The molecule has 2 aromatic carbocycles. The minimum Gasteiger partial charge on any atom is -0.493 e. The zero-order valence-corrected chi connectivity index (χ0v) is 18.0. The lowest BCUT2D eigenvalue weighted by atomic mass is 10.1. The van der Waals surface area contributed by atoms with Crippen LogP contribution in [0.2, 0.25) is 0 Å². The van der Waals surface area contributed by atoms with Gasteiger partial charge in [0.15, 0.2) is 17.3 Å². The van der Waals surface area contributed by atoms with Gasteiger partial charge in [0.05, 0.1) is 27.9 Å². The van der Waals surface area contributed by atoms with E-state index in [0.717, 1.165) is 5.56 Å². The molecule has 0 radical (unpaired) electrons. The lowest BCUT2D eigenvalue weighted by Crippen LogP contribution is -2.29. The zero-order chi connectivity index (χ0) is 22.4. The van der Waals surface area contributed by atoms with Gasteiger partial charge < -0.3 is 23.6 Å². The summed E-state index contributed by atoms with van der Waals surface area (Å²) in [6.45, 7) is 2.40. The second-order valence-electron chi connectivity index (χ2n) is 6.83. The first-order valence-electron chi connectivity index (χ1n) is 9.77. The minimum atomic E-state index is -0.316. The Labute approximate surface area is 180 Å². The van der Waals surface area contributed by atoms with Gasteiger partial charge in [0.2, 0.25) is 11.7 Å². The number of nitrogens with zero attached hydrogens (tertiary/aromatic N) is 2. The molecule has 0 fully saturated rings. The summed E-state index contributed by atoms with van der Waals surface area (Å²) in [5.41, 5.74) is 2.12. The second-order valence-corrected chi connectivity index (χ2v) is 6.83. The first-order valence-corrected chi connectivity index (χ1v) is 9.77. The first-order chi connectivity index (χ1) is 15.0. The standard InChI is InChI=1S/C23H25FN2O5/c1-5-22(27)26(13-15-6-8-17(24)9-7-15)14-18-12-19(31-25-18)16-10-20(28-2)23(30-4)21(11-16)29-3/h6-12H,5,13-14H2,1-4H3. The van der Waals surface area contributed by atoms with Crippen LogP contribution < -0.4 is 14.2 Å². The fourth-order valence-electron chi connectivity index (χ4n) is 3.21. The summed E-state index contributed by atoms with van der Waals surface area (Å²) in [6, 6.07) is 11.4. The topological polar surface area (TPSA) is 74.0 Å². The van der Waals surface area contributed by atoms with Crippen molar-refractivity contribution in [3.63, 3.8) is 0 Å². The molecule has 7 nitrogen and oxygen atoms in total. The summed E-state index contributed by atoms with van der Waals surface area (Å²) >= 11 is 0. The molecule has 0 aliphatic rings. The number of ether oxygens (including phenoxy) is 3. The average Bonchev–Trinajstić information content (AvgIpc) is 3.27. The van der Waals surface area contributed by atoms with Gasteiger partial charge in [0.25, 0.3) is 0 Å². The van der Waals surface area contributed by atoms with Crippen molar-refractivity contribution in [2.75, 3.05) is 21.3 Å². The maximum atomic E-state index is 13.2. The van der Waals surface area contributed by atoms with E-state index < -0.39 is 0 Å². The summed E-state index contributed by atoms with van der Waals surface area (Å²) < 4.78 is 34.8. The van der Waals surface area contributed by atoms with Crippen molar-refractivity contribution < 1.29 is 27.9 Å². The highest BCUT2D eigenvalue weighted by Crippen LogP contribution is 2.41. The van der Waals surface area contributed by atoms with Gasteiger partial charge in [-0.15, -0.1) is 0 Å². The molecule has 0 unspecified atom stereocenters. The van der Waals surface area contributed by atoms with Crippen molar-refractivity contribution >= 4 is 5.91 Å². The molecule has 0 saturated carbocycles. The van der Waals surface area contributed by atoms with Crippen LogP contribution in [0, 0.1) is 5.82 Å². The van der Waals surface area contributed by atoms with Gasteiger partial charge >= 0.3 is 0 Å². The Morgan fingerprint density at radius 1 is 1.00 bits per heavy atom. The lowest BCUT2D eigenvalue weighted by Gasteiger charge is -2.21. The highest BCUT2D eigenvalue weighted by molar-refractivity contribution is 5.76. The number of carbonyl (C=O) groups is 1. The molecule has 8 heteroatoms. The van der Waals surface area contributed by atoms with Crippen LogP contribution in [0.3, 0.4) is 0 Å². The van der Waals surface area contributed by atoms with E-state index in [1.807, 2.05) is 0 Å². The van der Waals surface area contributed by atoms with Crippen molar-refractivity contribution in [2.45, 2.75) is 26.4 Å².